The molecule has 0 bridgehead atoms. The fourth-order valence-corrected chi connectivity index (χ4v) is 1.09. The number of esters is 1. The van der Waals surface area contributed by atoms with E-state index in [0.717, 1.165) is 0 Å². The van der Waals surface area contributed by atoms with Crippen LogP contribution in [0.25, 0.3) is 0 Å². The van der Waals surface area contributed by atoms with Gasteiger partial charge in [0.2, 0.25) is 5.91 Å². The molecule has 1 amide bonds. The average Bonchev–Trinajstić information content (AvgIpc) is 2.14. The van der Waals surface area contributed by atoms with Crippen molar-refractivity contribution >= 4 is 11.9 Å². The number of amides is 1. The van der Waals surface area contributed by atoms with Crippen LogP contribution in [0.5, 0.6) is 0 Å². The second kappa shape index (κ2) is 6.88. The smallest absolute Gasteiger partial charge is 0.325 e. The second-order valence-electron chi connectivity index (χ2n) is 3.30. The largest absolute Gasteiger partial charge is 0.465 e. The standard InChI is InChI=1S/C11H17NO3/c1-5-7-10(13)12(9(3)4)8-11(14)15-6-2/h1,9H,6-8H2,2-4H3. The molecule has 0 unspecified atom stereocenters. The van der Waals surface area contributed by atoms with Crippen molar-refractivity contribution in [2.75, 3.05) is 13.2 Å². The number of terminal acetylenes is 1. The quantitative estimate of drug-likeness (QED) is 0.499. The number of carbonyl (C=O) groups excluding carboxylic acids is 2. The molecule has 0 aromatic rings. The van der Waals surface area contributed by atoms with Crippen LogP contribution in [0.2, 0.25) is 0 Å². The van der Waals surface area contributed by atoms with Crippen molar-refractivity contribution in [1.82, 2.24) is 4.90 Å². The summed E-state index contributed by atoms with van der Waals surface area (Å²) in [6.07, 6.45) is 5.05. The number of rotatable bonds is 5. The van der Waals surface area contributed by atoms with E-state index in [4.69, 9.17) is 11.2 Å². The van der Waals surface area contributed by atoms with Gasteiger partial charge < -0.3 is 9.64 Å². The number of nitrogens with zero attached hydrogens (tertiary/aromatic N) is 1. The summed E-state index contributed by atoms with van der Waals surface area (Å²) in [5, 5.41) is 0. The topological polar surface area (TPSA) is 46.6 Å². The van der Waals surface area contributed by atoms with E-state index in [-0.39, 0.29) is 24.9 Å². The van der Waals surface area contributed by atoms with Gasteiger partial charge in [0, 0.05) is 6.04 Å². The lowest BCUT2D eigenvalue weighted by Gasteiger charge is -2.24. The van der Waals surface area contributed by atoms with E-state index in [2.05, 4.69) is 5.92 Å². The fourth-order valence-electron chi connectivity index (χ4n) is 1.09. The van der Waals surface area contributed by atoms with Crippen molar-refractivity contribution in [2.24, 2.45) is 0 Å². The highest BCUT2D eigenvalue weighted by atomic mass is 16.5. The normalized spacial score (nSPS) is 9.53. The molecule has 0 radical (unpaired) electrons. The molecular formula is C11H17NO3. The lowest BCUT2D eigenvalue weighted by molar-refractivity contribution is -0.149. The van der Waals surface area contributed by atoms with Crippen molar-refractivity contribution in [3.8, 4) is 12.3 Å². The highest BCUT2D eigenvalue weighted by Gasteiger charge is 2.19. The van der Waals surface area contributed by atoms with Crippen molar-refractivity contribution in [1.29, 1.82) is 0 Å². The van der Waals surface area contributed by atoms with E-state index in [1.807, 2.05) is 13.8 Å². The summed E-state index contributed by atoms with van der Waals surface area (Å²) in [6.45, 7) is 5.66. The van der Waals surface area contributed by atoms with E-state index in [0.29, 0.717) is 6.61 Å². The first kappa shape index (κ1) is 13.5. The van der Waals surface area contributed by atoms with Gasteiger partial charge in [0.25, 0.3) is 0 Å². The zero-order valence-corrected chi connectivity index (χ0v) is 9.45. The van der Waals surface area contributed by atoms with Gasteiger partial charge in [-0.3, -0.25) is 9.59 Å². The molecule has 0 aliphatic carbocycles. The Morgan fingerprint density at radius 1 is 1.47 bits per heavy atom. The Balaban J connectivity index is 4.35. The van der Waals surface area contributed by atoms with Crippen molar-refractivity contribution in [2.45, 2.75) is 33.2 Å². The molecule has 4 heteroatoms. The maximum Gasteiger partial charge on any atom is 0.325 e. The Bertz CT molecular complexity index is 265. The average molecular weight is 211 g/mol. The zero-order chi connectivity index (χ0) is 11.8. The van der Waals surface area contributed by atoms with Crippen LogP contribution in [0, 0.1) is 12.3 Å². The lowest BCUT2D eigenvalue weighted by atomic mass is 10.2. The minimum absolute atomic E-state index is 0.0115. The number of hydrogen-bond acceptors (Lipinski definition) is 3. The van der Waals surface area contributed by atoms with Gasteiger partial charge in [0.1, 0.15) is 6.54 Å². The molecule has 0 aromatic heterocycles. The van der Waals surface area contributed by atoms with Crippen molar-refractivity contribution in [3.63, 3.8) is 0 Å². The Kier molecular flexibility index (Phi) is 6.19. The SMILES string of the molecule is C#CCC(=O)N(CC(=O)OCC)C(C)C. The molecule has 4 nitrogen and oxygen atoms in total. The van der Waals surface area contributed by atoms with Crippen LogP contribution in [0.3, 0.4) is 0 Å². The second-order valence-corrected chi connectivity index (χ2v) is 3.30. The van der Waals surface area contributed by atoms with E-state index in [1.54, 1.807) is 6.92 Å². The van der Waals surface area contributed by atoms with E-state index in [1.165, 1.54) is 4.90 Å². The molecule has 0 saturated carbocycles. The molecular weight excluding hydrogens is 194 g/mol. The maximum absolute atomic E-state index is 11.5. The van der Waals surface area contributed by atoms with Gasteiger partial charge in [0.15, 0.2) is 0 Å². The predicted molar refractivity (Wildman–Crippen MR) is 56.9 cm³/mol. The van der Waals surface area contributed by atoms with Crippen molar-refractivity contribution < 1.29 is 14.3 Å². The molecule has 84 valence electrons. The van der Waals surface area contributed by atoms with Crippen LogP contribution in [-0.2, 0) is 14.3 Å². The summed E-state index contributed by atoms with van der Waals surface area (Å²) in [5.41, 5.74) is 0. The third-order valence-corrected chi connectivity index (χ3v) is 1.80. The summed E-state index contributed by atoms with van der Waals surface area (Å²) in [5.74, 6) is 1.64. The molecule has 0 atom stereocenters. The molecule has 0 rings (SSSR count). The highest BCUT2D eigenvalue weighted by molar-refractivity contribution is 5.83. The molecule has 0 saturated heterocycles. The van der Waals surface area contributed by atoms with Crippen LogP contribution < -0.4 is 0 Å². The third kappa shape index (κ3) is 5.06. The lowest BCUT2D eigenvalue weighted by Crippen LogP contribution is -2.41. The molecule has 15 heavy (non-hydrogen) atoms. The van der Waals surface area contributed by atoms with E-state index < -0.39 is 5.97 Å². The zero-order valence-electron chi connectivity index (χ0n) is 9.45. The molecule has 0 heterocycles. The Hall–Kier alpha value is -1.50. The van der Waals surface area contributed by atoms with Crippen LogP contribution in [0.15, 0.2) is 0 Å². The van der Waals surface area contributed by atoms with Gasteiger partial charge in [-0.15, -0.1) is 6.42 Å². The van der Waals surface area contributed by atoms with Gasteiger partial charge in [-0.2, -0.15) is 0 Å². The van der Waals surface area contributed by atoms with Crippen LogP contribution in [0.4, 0.5) is 0 Å². The predicted octanol–water partition coefficient (Wildman–Crippen LogP) is 0.810. The summed E-state index contributed by atoms with van der Waals surface area (Å²) in [6, 6.07) is -0.0599. The first-order chi connectivity index (χ1) is 7.02. The van der Waals surface area contributed by atoms with Gasteiger partial charge in [0.05, 0.1) is 13.0 Å². The Morgan fingerprint density at radius 3 is 2.47 bits per heavy atom. The van der Waals surface area contributed by atoms with Gasteiger partial charge >= 0.3 is 5.97 Å². The van der Waals surface area contributed by atoms with Crippen molar-refractivity contribution in [3.05, 3.63) is 0 Å². The van der Waals surface area contributed by atoms with Gasteiger partial charge in [-0.1, -0.05) is 5.92 Å². The Morgan fingerprint density at radius 2 is 2.07 bits per heavy atom. The van der Waals surface area contributed by atoms with E-state index in [9.17, 15) is 9.59 Å². The summed E-state index contributed by atoms with van der Waals surface area (Å²) < 4.78 is 4.77. The molecule has 0 fully saturated rings. The van der Waals surface area contributed by atoms with Crippen LogP contribution in [-0.4, -0.2) is 36.0 Å². The molecule has 0 aliphatic rings. The van der Waals surface area contributed by atoms with Gasteiger partial charge in [-0.25, -0.2) is 0 Å². The van der Waals surface area contributed by atoms with Crippen LogP contribution >= 0.6 is 0 Å². The number of carbonyl (C=O) groups is 2. The maximum atomic E-state index is 11.5. The van der Waals surface area contributed by atoms with E-state index >= 15 is 0 Å². The molecule has 0 N–H and O–H groups in total. The summed E-state index contributed by atoms with van der Waals surface area (Å²) in [7, 11) is 0. The summed E-state index contributed by atoms with van der Waals surface area (Å²) in [4.78, 5) is 24.1. The first-order valence-electron chi connectivity index (χ1n) is 4.91. The first-order valence-corrected chi connectivity index (χ1v) is 4.91. The number of hydrogen-bond donors (Lipinski definition) is 0. The molecule has 0 aliphatic heterocycles. The highest BCUT2D eigenvalue weighted by Crippen LogP contribution is 2.01. The molecule has 0 aromatic carbocycles. The minimum Gasteiger partial charge on any atom is -0.465 e. The minimum atomic E-state index is -0.406. The molecule has 0 spiro atoms. The Labute approximate surface area is 90.6 Å². The monoisotopic (exact) mass is 211 g/mol. The van der Waals surface area contributed by atoms with Crippen LogP contribution in [0.1, 0.15) is 27.2 Å². The van der Waals surface area contributed by atoms with Gasteiger partial charge in [-0.05, 0) is 20.8 Å². The number of ether oxygens (including phenoxy) is 1. The summed E-state index contributed by atoms with van der Waals surface area (Å²) >= 11 is 0. The fraction of sp³-hybridized carbons (Fsp3) is 0.636. The third-order valence-electron chi connectivity index (χ3n) is 1.80.